The summed E-state index contributed by atoms with van der Waals surface area (Å²) in [7, 11) is 0. The van der Waals surface area contributed by atoms with Gasteiger partial charge in [0, 0.05) is 38.6 Å². The molecule has 0 saturated heterocycles. The number of amides is 2. The molecule has 2 saturated carbocycles. The van der Waals surface area contributed by atoms with Gasteiger partial charge in [-0.2, -0.15) is 0 Å². The van der Waals surface area contributed by atoms with Crippen molar-refractivity contribution in [2.45, 2.75) is 68.5 Å². The Labute approximate surface area is 219 Å². The molecule has 2 aromatic rings. The van der Waals surface area contributed by atoms with E-state index < -0.39 is 11.5 Å². The highest BCUT2D eigenvalue weighted by atomic mass is 35.5. The van der Waals surface area contributed by atoms with Gasteiger partial charge in [-0.1, -0.05) is 71.4 Å². The van der Waals surface area contributed by atoms with Gasteiger partial charge >= 0.3 is 0 Å². The van der Waals surface area contributed by atoms with Gasteiger partial charge in [0.05, 0.1) is 5.41 Å². The van der Waals surface area contributed by atoms with E-state index in [0.29, 0.717) is 44.1 Å². The van der Waals surface area contributed by atoms with E-state index in [1.807, 2.05) is 0 Å². The Morgan fingerprint density at radius 2 is 1.62 bits per heavy atom. The van der Waals surface area contributed by atoms with Crippen molar-refractivity contribution in [3.05, 3.63) is 67.6 Å². The van der Waals surface area contributed by atoms with Gasteiger partial charge in [-0.25, -0.2) is 0 Å². The van der Waals surface area contributed by atoms with Crippen molar-refractivity contribution in [1.82, 2.24) is 10.6 Å². The molecule has 2 fully saturated rings. The van der Waals surface area contributed by atoms with Gasteiger partial charge in [-0.05, 0) is 61.1 Å². The van der Waals surface area contributed by atoms with Crippen molar-refractivity contribution in [3.8, 4) is 0 Å². The Kier molecular flexibility index (Phi) is 8.00. The number of carbonyl (C=O) groups excluding carboxylic acids is 2. The highest BCUT2D eigenvalue weighted by Gasteiger charge is 2.53. The molecular weight excluding hydrogens is 516 g/mol. The molecular formula is C25H27Cl4N3O2. The Balaban J connectivity index is 1.56. The SMILES string of the molecule is NC1CCCCC1NC(=O)[C@H](Cc1ccc(Cl)cc1Cl)NC(=O)C1(c2ccc(Cl)cc2Cl)CC1. The first-order valence-electron chi connectivity index (χ1n) is 11.5. The fraction of sp³-hybridized carbons (Fsp3) is 0.440. The molecule has 3 atom stereocenters. The van der Waals surface area contributed by atoms with Crippen LogP contribution in [0.5, 0.6) is 0 Å². The quantitative estimate of drug-likeness (QED) is 0.435. The predicted octanol–water partition coefficient (Wildman–Crippen LogP) is 5.45. The summed E-state index contributed by atoms with van der Waals surface area (Å²) in [6.45, 7) is 0. The summed E-state index contributed by atoms with van der Waals surface area (Å²) >= 11 is 24.9. The fourth-order valence-electron chi connectivity index (χ4n) is 4.66. The Morgan fingerprint density at radius 1 is 0.971 bits per heavy atom. The summed E-state index contributed by atoms with van der Waals surface area (Å²) in [6, 6.07) is 9.19. The third kappa shape index (κ3) is 5.66. The Morgan fingerprint density at radius 3 is 2.24 bits per heavy atom. The van der Waals surface area contributed by atoms with Crippen molar-refractivity contribution >= 4 is 58.2 Å². The second kappa shape index (κ2) is 10.6. The molecule has 0 radical (unpaired) electrons. The standard InChI is InChI=1S/C25H27Cl4N3O2/c26-15-6-5-14(18(28)12-15)11-22(23(33)31-21-4-2-1-3-20(21)30)32-24(34)25(9-10-25)17-8-7-16(27)13-19(17)29/h5-8,12-13,20-22H,1-4,9-11,30H2,(H,31,33)(H,32,34)/t20?,21?,22-/m0/s1. The average molecular weight is 543 g/mol. The summed E-state index contributed by atoms with van der Waals surface area (Å²) in [5.74, 6) is -0.519. The van der Waals surface area contributed by atoms with E-state index in [1.54, 1.807) is 36.4 Å². The maximum Gasteiger partial charge on any atom is 0.243 e. The first-order chi connectivity index (χ1) is 16.2. The normalized spacial score (nSPS) is 22.0. The zero-order valence-corrected chi connectivity index (χ0v) is 21.6. The van der Waals surface area contributed by atoms with Crippen LogP contribution in [-0.4, -0.2) is 29.9 Å². The Bertz CT molecular complexity index is 1090. The number of benzene rings is 2. The largest absolute Gasteiger partial charge is 0.350 e. The number of halogens is 4. The summed E-state index contributed by atoms with van der Waals surface area (Å²) < 4.78 is 0. The Hall–Kier alpha value is -1.50. The molecule has 34 heavy (non-hydrogen) atoms. The fourth-order valence-corrected chi connectivity index (χ4v) is 5.73. The van der Waals surface area contributed by atoms with Crippen molar-refractivity contribution in [3.63, 3.8) is 0 Å². The molecule has 0 aromatic heterocycles. The lowest BCUT2D eigenvalue weighted by molar-refractivity contribution is -0.130. The van der Waals surface area contributed by atoms with Gasteiger partial charge in [-0.3, -0.25) is 9.59 Å². The lowest BCUT2D eigenvalue weighted by Gasteiger charge is -2.31. The van der Waals surface area contributed by atoms with Gasteiger partial charge in [0.2, 0.25) is 11.8 Å². The van der Waals surface area contributed by atoms with Gasteiger partial charge in [0.1, 0.15) is 6.04 Å². The van der Waals surface area contributed by atoms with Gasteiger partial charge in [-0.15, -0.1) is 0 Å². The third-order valence-electron chi connectivity index (χ3n) is 6.84. The maximum absolute atomic E-state index is 13.5. The highest BCUT2D eigenvalue weighted by molar-refractivity contribution is 6.35. The molecule has 2 aliphatic carbocycles. The minimum Gasteiger partial charge on any atom is -0.350 e. The molecule has 0 aliphatic heterocycles. The lowest BCUT2D eigenvalue weighted by Crippen LogP contribution is -2.56. The lowest BCUT2D eigenvalue weighted by atomic mass is 9.90. The van der Waals surface area contributed by atoms with E-state index in [-0.39, 0.29) is 30.3 Å². The number of nitrogens with two attached hydrogens (primary N) is 1. The zero-order chi connectivity index (χ0) is 24.5. The molecule has 9 heteroatoms. The number of hydrogen-bond donors (Lipinski definition) is 3. The molecule has 5 nitrogen and oxygen atoms in total. The summed E-state index contributed by atoms with van der Waals surface area (Å²) in [5, 5.41) is 7.93. The van der Waals surface area contributed by atoms with Crippen molar-refractivity contribution < 1.29 is 9.59 Å². The molecule has 182 valence electrons. The molecule has 0 spiro atoms. The monoisotopic (exact) mass is 541 g/mol. The van der Waals surface area contributed by atoms with Crippen LogP contribution in [-0.2, 0) is 21.4 Å². The van der Waals surface area contributed by atoms with Gasteiger partial charge in [0.25, 0.3) is 0 Å². The van der Waals surface area contributed by atoms with Crippen molar-refractivity contribution in [2.75, 3.05) is 0 Å². The number of carbonyl (C=O) groups is 2. The molecule has 2 aliphatic rings. The van der Waals surface area contributed by atoms with E-state index in [4.69, 9.17) is 52.1 Å². The summed E-state index contributed by atoms with van der Waals surface area (Å²) in [5.41, 5.74) is 6.90. The van der Waals surface area contributed by atoms with Crippen LogP contribution in [0.15, 0.2) is 36.4 Å². The van der Waals surface area contributed by atoms with Crippen LogP contribution in [0.2, 0.25) is 20.1 Å². The zero-order valence-electron chi connectivity index (χ0n) is 18.6. The molecule has 0 heterocycles. The van der Waals surface area contributed by atoms with E-state index >= 15 is 0 Å². The topological polar surface area (TPSA) is 84.2 Å². The summed E-state index contributed by atoms with van der Waals surface area (Å²) in [6.07, 6.45) is 5.26. The minimum absolute atomic E-state index is 0.101. The summed E-state index contributed by atoms with van der Waals surface area (Å²) in [4.78, 5) is 26.9. The van der Waals surface area contributed by atoms with Gasteiger partial charge in [0.15, 0.2) is 0 Å². The van der Waals surface area contributed by atoms with Crippen LogP contribution < -0.4 is 16.4 Å². The average Bonchev–Trinajstić information content (AvgIpc) is 3.58. The van der Waals surface area contributed by atoms with Crippen molar-refractivity contribution in [2.24, 2.45) is 5.73 Å². The molecule has 0 bridgehead atoms. The van der Waals surface area contributed by atoms with E-state index in [9.17, 15) is 9.59 Å². The van der Waals surface area contributed by atoms with E-state index in [2.05, 4.69) is 10.6 Å². The molecule has 4 rings (SSSR count). The number of rotatable bonds is 7. The molecule has 2 amide bonds. The smallest absolute Gasteiger partial charge is 0.243 e. The van der Waals surface area contributed by atoms with E-state index in [1.165, 1.54) is 0 Å². The molecule has 2 unspecified atom stereocenters. The van der Waals surface area contributed by atoms with Crippen LogP contribution in [0.25, 0.3) is 0 Å². The molecule has 4 N–H and O–H groups in total. The van der Waals surface area contributed by atoms with Crippen LogP contribution in [0, 0.1) is 0 Å². The second-order valence-corrected chi connectivity index (χ2v) is 10.9. The molecule has 2 aromatic carbocycles. The van der Waals surface area contributed by atoms with Crippen LogP contribution >= 0.6 is 46.4 Å². The number of nitrogens with one attached hydrogen (secondary N) is 2. The predicted molar refractivity (Wildman–Crippen MR) is 138 cm³/mol. The van der Waals surface area contributed by atoms with E-state index in [0.717, 1.165) is 25.7 Å². The van der Waals surface area contributed by atoms with Crippen molar-refractivity contribution in [1.29, 1.82) is 0 Å². The third-order valence-corrected chi connectivity index (χ3v) is 7.97. The van der Waals surface area contributed by atoms with Crippen LogP contribution in [0.4, 0.5) is 0 Å². The second-order valence-electron chi connectivity index (χ2n) is 9.24. The van der Waals surface area contributed by atoms with Crippen LogP contribution in [0.3, 0.4) is 0 Å². The maximum atomic E-state index is 13.5. The minimum atomic E-state index is -0.830. The first kappa shape index (κ1) is 25.6. The van der Waals surface area contributed by atoms with Crippen LogP contribution in [0.1, 0.15) is 49.7 Å². The highest BCUT2D eigenvalue weighted by Crippen LogP contribution is 2.51. The number of hydrogen-bond acceptors (Lipinski definition) is 3. The van der Waals surface area contributed by atoms with Gasteiger partial charge < -0.3 is 16.4 Å². The first-order valence-corrected chi connectivity index (χ1v) is 13.0.